The topological polar surface area (TPSA) is 66.9 Å². The second-order valence-electron chi connectivity index (χ2n) is 7.11. The molecule has 6 nitrogen and oxygen atoms in total. The maximum Gasteiger partial charge on any atom is 0.243 e. The number of nitrogens with zero attached hydrogens (tertiary/aromatic N) is 2. The molecule has 0 N–H and O–H groups in total. The summed E-state index contributed by atoms with van der Waals surface area (Å²) < 4.78 is 32.9. The number of amides is 1. The van der Waals surface area contributed by atoms with Crippen LogP contribution in [0.25, 0.3) is 0 Å². The molecule has 1 atom stereocenters. The number of fused-ring (bicyclic) bond motifs is 1. The van der Waals surface area contributed by atoms with Crippen LogP contribution in [0.4, 0.5) is 0 Å². The molecule has 2 aliphatic rings. The first kappa shape index (κ1) is 19.3. The van der Waals surface area contributed by atoms with Crippen LogP contribution in [0, 0.1) is 0 Å². The summed E-state index contributed by atoms with van der Waals surface area (Å²) >= 11 is 0. The molecule has 3 rings (SSSR count). The molecule has 0 aliphatic carbocycles. The lowest BCUT2D eigenvalue weighted by Crippen LogP contribution is -2.38. The van der Waals surface area contributed by atoms with Crippen LogP contribution in [0.2, 0.25) is 0 Å². The highest BCUT2D eigenvalue weighted by Gasteiger charge is 2.35. The second kappa shape index (κ2) is 8.06. The van der Waals surface area contributed by atoms with Gasteiger partial charge < -0.3 is 9.64 Å². The average molecular weight is 381 g/mol. The zero-order chi connectivity index (χ0) is 18.7. The van der Waals surface area contributed by atoms with E-state index in [4.69, 9.17) is 4.74 Å². The lowest BCUT2D eigenvalue weighted by molar-refractivity contribution is -0.132. The molecular formula is C19H28N2O4S. The highest BCUT2D eigenvalue weighted by molar-refractivity contribution is 7.89. The molecule has 0 spiro atoms. The standard InChI is InChI=1S/C19H28N2O4S/c1-3-5-19(22)20-11-9-15-12-18(8-7-16(15)13-20)26(23,24)21-10-4-6-17(21)14-25-2/h7-8,12,17H,3-6,9-11,13-14H2,1-2H3/t17-/m1/s1. The van der Waals surface area contributed by atoms with Gasteiger partial charge in [0.1, 0.15) is 0 Å². The van der Waals surface area contributed by atoms with E-state index in [1.807, 2.05) is 17.9 Å². The smallest absolute Gasteiger partial charge is 0.243 e. The van der Waals surface area contributed by atoms with E-state index in [0.717, 1.165) is 30.4 Å². The van der Waals surface area contributed by atoms with E-state index in [2.05, 4.69) is 0 Å². The fraction of sp³-hybridized carbons (Fsp3) is 0.632. The minimum absolute atomic E-state index is 0.0804. The van der Waals surface area contributed by atoms with Crippen LogP contribution in [-0.2, 0) is 32.5 Å². The van der Waals surface area contributed by atoms with Crippen molar-refractivity contribution in [2.45, 2.75) is 56.5 Å². The predicted octanol–water partition coefficient (Wildman–Crippen LogP) is 2.17. The molecule has 0 bridgehead atoms. The molecule has 1 saturated heterocycles. The van der Waals surface area contributed by atoms with Gasteiger partial charge in [-0.1, -0.05) is 13.0 Å². The number of hydrogen-bond acceptors (Lipinski definition) is 4. The normalized spacial score (nSPS) is 21.0. The molecule has 7 heteroatoms. The van der Waals surface area contributed by atoms with E-state index in [0.29, 0.717) is 44.0 Å². The summed E-state index contributed by atoms with van der Waals surface area (Å²) in [6.07, 6.45) is 3.82. The Morgan fingerprint density at radius 3 is 2.81 bits per heavy atom. The average Bonchev–Trinajstić information content (AvgIpc) is 3.10. The van der Waals surface area contributed by atoms with E-state index in [-0.39, 0.29) is 11.9 Å². The van der Waals surface area contributed by atoms with Gasteiger partial charge in [0.25, 0.3) is 0 Å². The van der Waals surface area contributed by atoms with Gasteiger partial charge in [-0.05, 0) is 48.9 Å². The Balaban J connectivity index is 1.80. The number of carbonyl (C=O) groups excluding carboxylic acids is 1. The number of ether oxygens (including phenoxy) is 1. The summed E-state index contributed by atoms with van der Waals surface area (Å²) in [5, 5.41) is 0. The van der Waals surface area contributed by atoms with E-state index in [9.17, 15) is 13.2 Å². The molecule has 144 valence electrons. The van der Waals surface area contributed by atoms with E-state index in [1.54, 1.807) is 23.5 Å². The summed E-state index contributed by atoms with van der Waals surface area (Å²) in [6, 6.07) is 5.27. The largest absolute Gasteiger partial charge is 0.383 e. The third-order valence-electron chi connectivity index (χ3n) is 5.30. The van der Waals surface area contributed by atoms with Crippen molar-refractivity contribution in [1.29, 1.82) is 0 Å². The van der Waals surface area contributed by atoms with Crippen LogP contribution < -0.4 is 0 Å². The Labute approximate surface area is 156 Å². The van der Waals surface area contributed by atoms with Gasteiger partial charge in [0.2, 0.25) is 15.9 Å². The first-order chi connectivity index (χ1) is 12.5. The van der Waals surface area contributed by atoms with Gasteiger partial charge in [-0.15, -0.1) is 0 Å². The van der Waals surface area contributed by atoms with Crippen LogP contribution in [0.1, 0.15) is 43.7 Å². The second-order valence-corrected chi connectivity index (χ2v) is 9.00. The first-order valence-electron chi connectivity index (χ1n) is 9.37. The molecule has 2 aliphatic heterocycles. The Morgan fingerprint density at radius 2 is 2.08 bits per heavy atom. The SMILES string of the molecule is CCCC(=O)N1CCc2cc(S(=O)(=O)N3CCC[C@@H]3COC)ccc2C1. The van der Waals surface area contributed by atoms with Crippen LogP contribution in [-0.4, -0.2) is 56.4 Å². The third-order valence-corrected chi connectivity index (χ3v) is 7.24. The summed E-state index contributed by atoms with van der Waals surface area (Å²) in [4.78, 5) is 14.3. The van der Waals surface area contributed by atoms with Gasteiger partial charge in [-0.2, -0.15) is 4.31 Å². The highest BCUT2D eigenvalue weighted by atomic mass is 32.2. The number of carbonyl (C=O) groups is 1. The molecule has 0 saturated carbocycles. The lowest BCUT2D eigenvalue weighted by atomic mass is 9.99. The van der Waals surface area contributed by atoms with E-state index < -0.39 is 10.0 Å². The van der Waals surface area contributed by atoms with Gasteiger partial charge in [0.15, 0.2) is 0 Å². The summed E-state index contributed by atoms with van der Waals surface area (Å²) in [5.41, 5.74) is 2.09. The first-order valence-corrected chi connectivity index (χ1v) is 10.8. The molecule has 1 fully saturated rings. The molecule has 26 heavy (non-hydrogen) atoms. The molecule has 0 unspecified atom stereocenters. The number of benzene rings is 1. The Bertz CT molecular complexity index is 763. The Kier molecular flexibility index (Phi) is 5.99. The maximum atomic E-state index is 13.1. The minimum Gasteiger partial charge on any atom is -0.383 e. The zero-order valence-electron chi connectivity index (χ0n) is 15.6. The molecule has 1 aromatic rings. The van der Waals surface area contributed by atoms with Crippen molar-refractivity contribution < 1.29 is 17.9 Å². The van der Waals surface area contributed by atoms with E-state index in [1.165, 1.54) is 0 Å². The number of sulfonamides is 1. The van der Waals surface area contributed by atoms with Crippen LogP contribution in [0.3, 0.4) is 0 Å². The molecule has 0 aromatic heterocycles. The van der Waals surface area contributed by atoms with Gasteiger partial charge >= 0.3 is 0 Å². The van der Waals surface area contributed by atoms with Crippen molar-refractivity contribution in [2.24, 2.45) is 0 Å². The van der Waals surface area contributed by atoms with Crippen molar-refractivity contribution >= 4 is 15.9 Å². The lowest BCUT2D eigenvalue weighted by Gasteiger charge is -2.30. The molecule has 1 aromatic carbocycles. The third kappa shape index (κ3) is 3.80. The molecule has 2 heterocycles. The maximum absolute atomic E-state index is 13.1. The quantitative estimate of drug-likeness (QED) is 0.759. The fourth-order valence-electron chi connectivity index (χ4n) is 3.89. The monoisotopic (exact) mass is 380 g/mol. The zero-order valence-corrected chi connectivity index (χ0v) is 16.4. The molecular weight excluding hydrogens is 352 g/mol. The van der Waals surface area contributed by atoms with Crippen molar-refractivity contribution in [3.63, 3.8) is 0 Å². The minimum atomic E-state index is -3.51. The number of methoxy groups -OCH3 is 1. The fourth-order valence-corrected chi connectivity index (χ4v) is 5.62. The van der Waals surface area contributed by atoms with Gasteiger partial charge in [-0.3, -0.25) is 4.79 Å². The summed E-state index contributed by atoms with van der Waals surface area (Å²) in [6.45, 7) is 4.21. The summed E-state index contributed by atoms with van der Waals surface area (Å²) in [7, 11) is -1.90. The van der Waals surface area contributed by atoms with Crippen molar-refractivity contribution in [3.05, 3.63) is 29.3 Å². The van der Waals surface area contributed by atoms with Gasteiger partial charge in [0.05, 0.1) is 11.5 Å². The molecule has 0 radical (unpaired) electrons. The highest BCUT2D eigenvalue weighted by Crippen LogP contribution is 2.29. The van der Waals surface area contributed by atoms with Crippen LogP contribution >= 0.6 is 0 Å². The molecule has 1 amide bonds. The van der Waals surface area contributed by atoms with Gasteiger partial charge in [-0.25, -0.2) is 8.42 Å². The number of hydrogen-bond donors (Lipinski definition) is 0. The van der Waals surface area contributed by atoms with Crippen molar-refractivity contribution in [2.75, 3.05) is 26.8 Å². The van der Waals surface area contributed by atoms with Crippen LogP contribution in [0.5, 0.6) is 0 Å². The van der Waals surface area contributed by atoms with E-state index >= 15 is 0 Å². The van der Waals surface area contributed by atoms with Crippen LogP contribution in [0.15, 0.2) is 23.1 Å². The number of rotatable bonds is 6. The van der Waals surface area contributed by atoms with Crippen molar-refractivity contribution in [1.82, 2.24) is 9.21 Å². The van der Waals surface area contributed by atoms with Crippen molar-refractivity contribution in [3.8, 4) is 0 Å². The Hall–Kier alpha value is -1.44. The van der Waals surface area contributed by atoms with Gasteiger partial charge in [0, 0.05) is 39.2 Å². The Morgan fingerprint density at radius 1 is 1.27 bits per heavy atom. The summed E-state index contributed by atoms with van der Waals surface area (Å²) in [5.74, 6) is 0.175. The predicted molar refractivity (Wildman–Crippen MR) is 99.3 cm³/mol.